The van der Waals surface area contributed by atoms with E-state index in [4.69, 9.17) is 46.4 Å². The second-order valence-corrected chi connectivity index (χ2v) is 3.42. The van der Waals surface area contributed by atoms with Crippen LogP contribution in [0.15, 0.2) is 0 Å². The van der Waals surface area contributed by atoms with E-state index in [1.165, 1.54) is 0 Å². The smallest absolute Gasteiger partial charge is 0.150 e. The van der Waals surface area contributed by atoms with Crippen LogP contribution in [-0.2, 0) is 0 Å². The van der Waals surface area contributed by atoms with Crippen LogP contribution in [0.5, 0.6) is 0 Å². The lowest BCUT2D eigenvalue weighted by Gasteiger charge is -2.02. The number of hydrogen-bond acceptors (Lipinski definition) is 1. The lowest BCUT2D eigenvalue weighted by atomic mass is 10.3. The molecular weight excluding hydrogens is 228 g/mol. The maximum absolute atomic E-state index is 5.75. The highest BCUT2D eigenvalue weighted by atomic mass is 35.5. The van der Waals surface area contributed by atoms with Crippen molar-refractivity contribution in [1.82, 2.24) is 4.98 Å². The van der Waals surface area contributed by atoms with E-state index in [0.29, 0.717) is 10.6 Å². The predicted molar refractivity (Wildman–Crippen MR) is 49.0 cm³/mol. The molecule has 0 saturated heterocycles. The Kier molecular flexibility index (Phi) is 2.87. The third kappa shape index (κ3) is 1.73. The van der Waals surface area contributed by atoms with Crippen LogP contribution in [0.3, 0.4) is 0 Å². The average Bonchev–Trinajstić information content (AvgIpc) is 1.97. The zero-order valence-corrected chi connectivity index (χ0v) is 8.48. The summed E-state index contributed by atoms with van der Waals surface area (Å²) in [4.78, 5) is 3.75. The second kappa shape index (κ2) is 3.36. The number of pyridine rings is 1. The fraction of sp³-hybridized carbons (Fsp3) is 0.167. The Labute approximate surface area is 84.2 Å². The summed E-state index contributed by atoms with van der Waals surface area (Å²) in [6, 6.07) is 0. The topological polar surface area (TPSA) is 12.9 Å². The highest BCUT2D eigenvalue weighted by Crippen LogP contribution is 2.33. The van der Waals surface area contributed by atoms with Crippen molar-refractivity contribution in [2.45, 2.75) is 6.92 Å². The van der Waals surface area contributed by atoms with Gasteiger partial charge < -0.3 is 0 Å². The number of nitrogens with zero attached hydrogens (tertiary/aromatic N) is 1. The van der Waals surface area contributed by atoms with E-state index < -0.39 is 0 Å². The molecule has 0 aliphatic carbocycles. The molecule has 1 rings (SSSR count). The van der Waals surface area contributed by atoms with Crippen molar-refractivity contribution in [1.29, 1.82) is 0 Å². The Bertz CT molecular complexity index is 271. The van der Waals surface area contributed by atoms with Crippen molar-refractivity contribution in [2.24, 2.45) is 0 Å². The van der Waals surface area contributed by atoms with Crippen molar-refractivity contribution in [3.63, 3.8) is 0 Å². The van der Waals surface area contributed by atoms with Gasteiger partial charge in [-0.1, -0.05) is 46.4 Å². The molecule has 0 atom stereocenters. The summed E-state index contributed by atoms with van der Waals surface area (Å²) < 4.78 is 0. The Hall–Kier alpha value is 0.310. The summed E-state index contributed by atoms with van der Waals surface area (Å²) in [5.74, 6) is 0. The maximum atomic E-state index is 5.75. The van der Waals surface area contributed by atoms with E-state index >= 15 is 0 Å². The van der Waals surface area contributed by atoms with E-state index in [0.717, 1.165) is 0 Å². The summed E-state index contributed by atoms with van der Waals surface area (Å²) in [6.45, 7) is 1.72. The molecular formula is C6H3Cl4N. The van der Waals surface area contributed by atoms with Gasteiger partial charge in [-0.15, -0.1) is 0 Å². The summed E-state index contributed by atoms with van der Waals surface area (Å²) >= 11 is 22.6. The molecule has 0 aromatic carbocycles. The first-order chi connectivity index (χ1) is 5.04. The molecule has 11 heavy (non-hydrogen) atoms. The fourth-order valence-electron chi connectivity index (χ4n) is 0.565. The van der Waals surface area contributed by atoms with Crippen LogP contribution >= 0.6 is 46.4 Å². The van der Waals surface area contributed by atoms with Crippen LogP contribution < -0.4 is 0 Å². The summed E-state index contributed by atoms with van der Waals surface area (Å²) in [6.07, 6.45) is 0. The SMILES string of the molecule is Cc1c(Cl)nc(Cl)c(Cl)c1Cl. The van der Waals surface area contributed by atoms with Crippen molar-refractivity contribution in [2.75, 3.05) is 0 Å². The van der Waals surface area contributed by atoms with E-state index in [-0.39, 0.29) is 15.3 Å². The van der Waals surface area contributed by atoms with E-state index in [1.54, 1.807) is 6.92 Å². The van der Waals surface area contributed by atoms with Gasteiger partial charge in [0, 0.05) is 5.56 Å². The Morgan fingerprint density at radius 3 is 2.00 bits per heavy atom. The predicted octanol–water partition coefficient (Wildman–Crippen LogP) is 4.00. The molecule has 0 radical (unpaired) electrons. The number of aromatic nitrogens is 1. The van der Waals surface area contributed by atoms with Gasteiger partial charge in [0.05, 0.1) is 10.0 Å². The molecule has 1 heterocycles. The van der Waals surface area contributed by atoms with Crippen LogP contribution in [0.25, 0.3) is 0 Å². The average molecular weight is 231 g/mol. The minimum absolute atomic E-state index is 0.132. The number of rotatable bonds is 0. The molecule has 0 bridgehead atoms. The van der Waals surface area contributed by atoms with Crippen molar-refractivity contribution in [3.05, 3.63) is 25.9 Å². The molecule has 1 aromatic rings. The van der Waals surface area contributed by atoms with Gasteiger partial charge in [-0.2, -0.15) is 0 Å². The standard InChI is InChI=1S/C6H3Cl4N/c1-2-3(7)4(8)6(10)11-5(2)9/h1H3. The van der Waals surface area contributed by atoms with Crippen LogP contribution in [0.1, 0.15) is 5.56 Å². The molecule has 0 amide bonds. The first-order valence-corrected chi connectivity index (χ1v) is 4.22. The van der Waals surface area contributed by atoms with Crippen molar-refractivity contribution in [3.8, 4) is 0 Å². The third-order valence-corrected chi connectivity index (χ3v) is 2.88. The molecule has 1 aromatic heterocycles. The molecule has 60 valence electrons. The summed E-state index contributed by atoms with van der Waals surface area (Å²) in [5, 5.41) is 1.02. The highest BCUT2D eigenvalue weighted by Gasteiger charge is 2.10. The van der Waals surface area contributed by atoms with Crippen LogP contribution in [0.4, 0.5) is 0 Å². The minimum Gasteiger partial charge on any atom is -0.222 e. The van der Waals surface area contributed by atoms with E-state index in [1.807, 2.05) is 0 Å². The van der Waals surface area contributed by atoms with Gasteiger partial charge in [0.2, 0.25) is 0 Å². The van der Waals surface area contributed by atoms with Gasteiger partial charge in [0.25, 0.3) is 0 Å². The Morgan fingerprint density at radius 2 is 1.45 bits per heavy atom. The normalized spacial score (nSPS) is 10.3. The molecule has 0 aliphatic heterocycles. The largest absolute Gasteiger partial charge is 0.222 e. The van der Waals surface area contributed by atoms with Crippen LogP contribution in [0.2, 0.25) is 20.4 Å². The quantitative estimate of drug-likeness (QED) is 0.614. The van der Waals surface area contributed by atoms with E-state index in [9.17, 15) is 0 Å². The van der Waals surface area contributed by atoms with Gasteiger partial charge in [-0.25, -0.2) is 4.98 Å². The monoisotopic (exact) mass is 229 g/mol. The molecule has 0 unspecified atom stereocenters. The third-order valence-electron chi connectivity index (χ3n) is 1.21. The van der Waals surface area contributed by atoms with Crippen molar-refractivity contribution >= 4 is 46.4 Å². The molecule has 0 aliphatic rings. The fourth-order valence-corrected chi connectivity index (χ4v) is 1.43. The van der Waals surface area contributed by atoms with Gasteiger partial charge in [-0.05, 0) is 6.92 Å². The van der Waals surface area contributed by atoms with Crippen LogP contribution in [0, 0.1) is 6.92 Å². The van der Waals surface area contributed by atoms with Crippen LogP contribution in [-0.4, -0.2) is 4.98 Å². The molecule has 0 N–H and O–H groups in total. The molecule has 0 saturated carbocycles. The lowest BCUT2D eigenvalue weighted by molar-refractivity contribution is 1.27. The zero-order chi connectivity index (χ0) is 8.59. The molecule has 5 heteroatoms. The Morgan fingerprint density at radius 1 is 0.909 bits per heavy atom. The Balaban J connectivity index is 3.46. The highest BCUT2D eigenvalue weighted by molar-refractivity contribution is 6.48. The second-order valence-electron chi connectivity index (χ2n) is 1.95. The lowest BCUT2D eigenvalue weighted by Crippen LogP contribution is -1.85. The zero-order valence-electron chi connectivity index (χ0n) is 5.46. The molecule has 0 spiro atoms. The van der Waals surface area contributed by atoms with Gasteiger partial charge in [0.15, 0.2) is 5.15 Å². The van der Waals surface area contributed by atoms with Gasteiger partial charge >= 0.3 is 0 Å². The first-order valence-electron chi connectivity index (χ1n) is 2.70. The van der Waals surface area contributed by atoms with Gasteiger partial charge in [-0.3, -0.25) is 0 Å². The first kappa shape index (κ1) is 9.40. The van der Waals surface area contributed by atoms with Crippen molar-refractivity contribution < 1.29 is 0 Å². The molecule has 0 fully saturated rings. The maximum Gasteiger partial charge on any atom is 0.150 e. The van der Waals surface area contributed by atoms with Gasteiger partial charge in [0.1, 0.15) is 5.15 Å². The minimum atomic E-state index is 0.132. The molecule has 1 nitrogen and oxygen atoms in total. The number of hydrogen-bond donors (Lipinski definition) is 0. The summed E-state index contributed by atoms with van der Waals surface area (Å²) in [5.41, 5.74) is 0.641. The van der Waals surface area contributed by atoms with E-state index in [2.05, 4.69) is 4.98 Å². The summed E-state index contributed by atoms with van der Waals surface area (Å²) in [7, 11) is 0. The number of halogens is 4.